The van der Waals surface area contributed by atoms with E-state index in [0.29, 0.717) is 17.1 Å². The maximum Gasteiger partial charge on any atom is 0.251 e. The van der Waals surface area contributed by atoms with Crippen LogP contribution in [0.5, 0.6) is 11.5 Å². The van der Waals surface area contributed by atoms with Gasteiger partial charge in [-0.2, -0.15) is 0 Å². The van der Waals surface area contributed by atoms with Crippen molar-refractivity contribution in [3.8, 4) is 22.6 Å². The van der Waals surface area contributed by atoms with Crippen molar-refractivity contribution in [2.24, 2.45) is 5.73 Å². The Morgan fingerprint density at radius 1 is 1.07 bits per heavy atom. The molecule has 2 N–H and O–H groups in total. The zero-order valence-corrected chi connectivity index (χ0v) is 15.8. The number of carbonyl (C=O) groups excluding carboxylic acids is 1. The maximum absolute atomic E-state index is 12.2. The summed E-state index contributed by atoms with van der Waals surface area (Å²) in [5.41, 5.74) is 10.9. The van der Waals surface area contributed by atoms with E-state index in [1.165, 1.54) is 0 Å². The predicted octanol–water partition coefficient (Wildman–Crippen LogP) is 4.30. The standard InChI is InChI=1S/C21H19ClN2O3/c1-12-19(15-4-6-16(22)7-5-15)20(21(23)25)13(2)24(12)10-14-3-8-17-18(9-14)27-11-26-17/h3-9H,10-11H2,1-2H3,(H2,23,25). The van der Waals surface area contributed by atoms with E-state index in [4.69, 9.17) is 26.8 Å². The number of halogens is 1. The van der Waals surface area contributed by atoms with Gasteiger partial charge in [-0.1, -0.05) is 29.8 Å². The number of nitrogens with zero attached hydrogens (tertiary/aromatic N) is 1. The molecule has 138 valence electrons. The molecule has 0 saturated heterocycles. The third-order valence-corrected chi connectivity index (χ3v) is 5.19. The lowest BCUT2D eigenvalue weighted by Gasteiger charge is -2.11. The highest BCUT2D eigenvalue weighted by Gasteiger charge is 2.23. The normalized spacial score (nSPS) is 12.4. The average Bonchev–Trinajstić information content (AvgIpc) is 3.20. The molecular formula is C21H19ClN2O3. The van der Waals surface area contributed by atoms with Gasteiger partial charge in [0.25, 0.3) is 5.91 Å². The molecule has 0 aliphatic carbocycles. The van der Waals surface area contributed by atoms with E-state index < -0.39 is 5.91 Å². The maximum atomic E-state index is 12.2. The minimum atomic E-state index is -0.440. The number of primary amides is 1. The van der Waals surface area contributed by atoms with Crippen LogP contribution in [0, 0.1) is 13.8 Å². The third-order valence-electron chi connectivity index (χ3n) is 4.94. The van der Waals surface area contributed by atoms with E-state index in [0.717, 1.165) is 39.6 Å². The highest BCUT2D eigenvalue weighted by Crippen LogP contribution is 2.35. The van der Waals surface area contributed by atoms with Gasteiger partial charge in [0.15, 0.2) is 11.5 Å². The Morgan fingerprint density at radius 3 is 2.48 bits per heavy atom. The van der Waals surface area contributed by atoms with Gasteiger partial charge in [-0.25, -0.2) is 0 Å². The van der Waals surface area contributed by atoms with E-state index in [1.807, 2.05) is 56.3 Å². The van der Waals surface area contributed by atoms with Gasteiger partial charge in [-0.15, -0.1) is 0 Å². The molecule has 27 heavy (non-hydrogen) atoms. The van der Waals surface area contributed by atoms with E-state index in [9.17, 15) is 4.79 Å². The molecule has 6 heteroatoms. The molecule has 0 spiro atoms. The van der Waals surface area contributed by atoms with Gasteiger partial charge in [0, 0.05) is 28.5 Å². The second kappa shape index (κ2) is 6.67. The summed E-state index contributed by atoms with van der Waals surface area (Å²) >= 11 is 6.01. The summed E-state index contributed by atoms with van der Waals surface area (Å²) in [6.45, 7) is 4.75. The Kier molecular flexibility index (Phi) is 4.32. The summed E-state index contributed by atoms with van der Waals surface area (Å²) < 4.78 is 12.9. The van der Waals surface area contributed by atoms with Crippen LogP contribution in [0.2, 0.25) is 5.02 Å². The molecule has 0 fully saturated rings. The molecule has 0 bridgehead atoms. The largest absolute Gasteiger partial charge is 0.454 e. The molecule has 2 aromatic carbocycles. The Morgan fingerprint density at radius 2 is 1.78 bits per heavy atom. The summed E-state index contributed by atoms with van der Waals surface area (Å²) in [5, 5.41) is 0.647. The molecule has 0 saturated carbocycles. The molecule has 0 radical (unpaired) electrons. The predicted molar refractivity (Wildman–Crippen MR) is 105 cm³/mol. The molecule has 5 nitrogen and oxygen atoms in total. The average molecular weight is 383 g/mol. The highest BCUT2D eigenvalue weighted by atomic mass is 35.5. The van der Waals surface area contributed by atoms with Crippen LogP contribution in [0.3, 0.4) is 0 Å². The Labute approximate surface area is 162 Å². The minimum absolute atomic E-state index is 0.243. The van der Waals surface area contributed by atoms with Crippen molar-refractivity contribution in [2.75, 3.05) is 6.79 Å². The van der Waals surface area contributed by atoms with Crippen molar-refractivity contribution in [3.05, 3.63) is 70.0 Å². The van der Waals surface area contributed by atoms with Crippen molar-refractivity contribution in [2.45, 2.75) is 20.4 Å². The molecular weight excluding hydrogens is 364 g/mol. The second-order valence-corrected chi connectivity index (χ2v) is 7.00. The molecule has 1 aliphatic rings. The van der Waals surface area contributed by atoms with Crippen LogP contribution in [-0.4, -0.2) is 17.3 Å². The first-order valence-corrected chi connectivity index (χ1v) is 8.97. The second-order valence-electron chi connectivity index (χ2n) is 6.57. The highest BCUT2D eigenvalue weighted by molar-refractivity contribution is 6.30. The number of carbonyl (C=O) groups is 1. The summed E-state index contributed by atoms with van der Waals surface area (Å²) in [6.07, 6.45) is 0. The van der Waals surface area contributed by atoms with E-state index in [-0.39, 0.29) is 6.79 Å². The summed E-state index contributed by atoms with van der Waals surface area (Å²) in [4.78, 5) is 12.2. The summed E-state index contributed by atoms with van der Waals surface area (Å²) in [6, 6.07) is 13.3. The summed E-state index contributed by atoms with van der Waals surface area (Å²) in [5.74, 6) is 1.05. The third kappa shape index (κ3) is 3.04. The molecule has 2 heterocycles. The number of ether oxygens (including phenoxy) is 2. The molecule has 3 aromatic rings. The molecule has 1 aliphatic heterocycles. The first-order chi connectivity index (χ1) is 13.0. The Hall–Kier alpha value is -2.92. The number of benzene rings is 2. The number of aromatic nitrogens is 1. The van der Waals surface area contributed by atoms with Crippen LogP contribution in [0.25, 0.3) is 11.1 Å². The first kappa shape index (κ1) is 17.5. The minimum Gasteiger partial charge on any atom is -0.454 e. The van der Waals surface area contributed by atoms with Crippen LogP contribution < -0.4 is 15.2 Å². The number of amides is 1. The van der Waals surface area contributed by atoms with Gasteiger partial charge in [-0.05, 0) is 49.2 Å². The van der Waals surface area contributed by atoms with Crippen LogP contribution in [0.15, 0.2) is 42.5 Å². The molecule has 0 atom stereocenters. The smallest absolute Gasteiger partial charge is 0.251 e. The van der Waals surface area contributed by atoms with Gasteiger partial charge in [0.1, 0.15) is 0 Å². The lowest BCUT2D eigenvalue weighted by atomic mass is 10.0. The van der Waals surface area contributed by atoms with Crippen LogP contribution >= 0.6 is 11.6 Å². The van der Waals surface area contributed by atoms with Gasteiger partial charge < -0.3 is 19.8 Å². The van der Waals surface area contributed by atoms with Gasteiger partial charge in [0.2, 0.25) is 6.79 Å². The van der Waals surface area contributed by atoms with E-state index in [1.54, 1.807) is 0 Å². The van der Waals surface area contributed by atoms with Gasteiger partial charge >= 0.3 is 0 Å². The molecule has 0 unspecified atom stereocenters. The van der Waals surface area contributed by atoms with Crippen LogP contribution in [0.1, 0.15) is 27.3 Å². The number of hydrogen-bond donors (Lipinski definition) is 1. The zero-order chi connectivity index (χ0) is 19.1. The van der Waals surface area contributed by atoms with Crippen molar-refractivity contribution in [3.63, 3.8) is 0 Å². The summed E-state index contributed by atoms with van der Waals surface area (Å²) in [7, 11) is 0. The number of fused-ring (bicyclic) bond motifs is 1. The lowest BCUT2D eigenvalue weighted by Crippen LogP contribution is -2.13. The lowest BCUT2D eigenvalue weighted by molar-refractivity contribution is 0.1000. The molecule has 1 aromatic heterocycles. The van der Waals surface area contributed by atoms with Crippen molar-refractivity contribution in [1.82, 2.24) is 4.57 Å². The van der Waals surface area contributed by atoms with Crippen molar-refractivity contribution >= 4 is 17.5 Å². The Balaban J connectivity index is 1.80. The fraction of sp³-hybridized carbons (Fsp3) is 0.190. The number of nitrogens with two attached hydrogens (primary N) is 1. The fourth-order valence-electron chi connectivity index (χ4n) is 3.61. The zero-order valence-electron chi connectivity index (χ0n) is 15.1. The van der Waals surface area contributed by atoms with Crippen molar-refractivity contribution in [1.29, 1.82) is 0 Å². The van der Waals surface area contributed by atoms with Crippen LogP contribution in [-0.2, 0) is 6.54 Å². The number of rotatable bonds is 4. The fourth-order valence-corrected chi connectivity index (χ4v) is 3.74. The van der Waals surface area contributed by atoms with Gasteiger partial charge in [0.05, 0.1) is 5.56 Å². The molecule has 4 rings (SSSR count). The SMILES string of the molecule is Cc1c(C(N)=O)c(-c2ccc(Cl)cc2)c(C)n1Cc1ccc2c(c1)OCO2. The van der Waals surface area contributed by atoms with Gasteiger partial charge in [-0.3, -0.25) is 4.79 Å². The monoisotopic (exact) mass is 382 g/mol. The topological polar surface area (TPSA) is 66.5 Å². The van der Waals surface area contributed by atoms with E-state index in [2.05, 4.69) is 4.57 Å². The molecule has 1 amide bonds. The first-order valence-electron chi connectivity index (χ1n) is 8.59. The quantitative estimate of drug-likeness (QED) is 0.731. The Bertz CT molecular complexity index is 1040. The van der Waals surface area contributed by atoms with E-state index >= 15 is 0 Å². The van der Waals surface area contributed by atoms with Crippen LogP contribution in [0.4, 0.5) is 0 Å². The van der Waals surface area contributed by atoms with Crippen molar-refractivity contribution < 1.29 is 14.3 Å². The number of hydrogen-bond acceptors (Lipinski definition) is 3.